The van der Waals surface area contributed by atoms with E-state index in [1.807, 2.05) is 0 Å². The van der Waals surface area contributed by atoms with Gasteiger partial charge >= 0.3 is 12.2 Å². The van der Waals surface area contributed by atoms with E-state index < -0.39 is 12.0 Å². The minimum atomic E-state index is -0.897. The Bertz CT molecular complexity index is 887. The van der Waals surface area contributed by atoms with Crippen LogP contribution in [0.15, 0.2) is 42.5 Å². The summed E-state index contributed by atoms with van der Waals surface area (Å²) in [7, 11) is 1.18. The van der Waals surface area contributed by atoms with Gasteiger partial charge in [0.1, 0.15) is 5.82 Å². The number of aromatic nitrogens is 2. The molecule has 116 valence electrons. The predicted octanol–water partition coefficient (Wildman–Crippen LogP) is 3.08. The Labute approximate surface area is 129 Å². The van der Waals surface area contributed by atoms with Crippen LogP contribution in [0.2, 0.25) is 0 Å². The Kier molecular flexibility index (Phi) is 3.76. The number of aromatic amines is 1. The van der Waals surface area contributed by atoms with Gasteiger partial charge in [-0.1, -0.05) is 0 Å². The highest BCUT2D eigenvalue weighted by Gasteiger charge is 2.13. The predicted molar refractivity (Wildman–Crippen MR) is 79.0 cm³/mol. The largest absolute Gasteiger partial charge is 0.516 e. The zero-order valence-electron chi connectivity index (χ0n) is 12.0. The normalized spacial score (nSPS) is 10.5. The third-order valence-corrected chi connectivity index (χ3v) is 3.18. The molecule has 0 atom stereocenters. The van der Waals surface area contributed by atoms with E-state index in [4.69, 9.17) is 4.74 Å². The molecule has 0 spiro atoms. The summed E-state index contributed by atoms with van der Waals surface area (Å²) in [4.78, 5) is 30.2. The van der Waals surface area contributed by atoms with Crippen LogP contribution in [-0.4, -0.2) is 29.0 Å². The lowest BCUT2D eigenvalue weighted by Crippen LogP contribution is -2.08. The molecule has 3 aromatic rings. The van der Waals surface area contributed by atoms with E-state index in [2.05, 4.69) is 14.7 Å². The van der Waals surface area contributed by atoms with Crippen molar-refractivity contribution in [3.63, 3.8) is 0 Å². The van der Waals surface area contributed by atoms with Crippen molar-refractivity contribution in [2.24, 2.45) is 0 Å². The second kappa shape index (κ2) is 5.88. The molecule has 6 nitrogen and oxygen atoms in total. The second-order valence-electron chi connectivity index (χ2n) is 4.67. The van der Waals surface area contributed by atoms with Gasteiger partial charge in [0.05, 0.1) is 18.1 Å². The van der Waals surface area contributed by atoms with E-state index in [1.165, 1.54) is 31.4 Å². The molecule has 0 saturated heterocycles. The first-order chi connectivity index (χ1) is 11.1. The van der Waals surface area contributed by atoms with Crippen LogP contribution < -0.4 is 4.74 Å². The van der Waals surface area contributed by atoms with Gasteiger partial charge < -0.3 is 14.5 Å². The molecule has 0 amide bonds. The van der Waals surface area contributed by atoms with E-state index in [9.17, 15) is 14.0 Å². The molecule has 23 heavy (non-hydrogen) atoms. The highest BCUT2D eigenvalue weighted by molar-refractivity contribution is 6.10. The maximum Gasteiger partial charge on any atom is 0.516 e. The van der Waals surface area contributed by atoms with Crippen molar-refractivity contribution in [1.82, 2.24) is 9.97 Å². The van der Waals surface area contributed by atoms with Crippen LogP contribution >= 0.6 is 0 Å². The lowest BCUT2D eigenvalue weighted by atomic mass is 10.0. The molecular formula is C16H11FN2O4. The van der Waals surface area contributed by atoms with Gasteiger partial charge in [-0.05, 0) is 42.5 Å². The number of carbonyl (C=O) groups is 2. The van der Waals surface area contributed by atoms with E-state index in [0.717, 1.165) is 0 Å². The summed E-state index contributed by atoms with van der Waals surface area (Å²) in [6, 6.07) is 10.1. The number of hydrogen-bond acceptors (Lipinski definition) is 5. The van der Waals surface area contributed by atoms with Gasteiger partial charge in [0.15, 0.2) is 5.78 Å². The molecule has 1 aromatic heterocycles. The van der Waals surface area contributed by atoms with E-state index in [0.29, 0.717) is 22.2 Å². The van der Waals surface area contributed by atoms with Gasteiger partial charge in [0.2, 0.25) is 0 Å². The topological polar surface area (TPSA) is 81.3 Å². The van der Waals surface area contributed by atoms with E-state index in [-0.39, 0.29) is 11.8 Å². The molecule has 0 bridgehead atoms. The zero-order chi connectivity index (χ0) is 16.4. The fourth-order valence-electron chi connectivity index (χ4n) is 2.06. The van der Waals surface area contributed by atoms with Gasteiger partial charge in [-0.15, -0.1) is 0 Å². The van der Waals surface area contributed by atoms with Gasteiger partial charge in [-0.3, -0.25) is 4.79 Å². The van der Waals surface area contributed by atoms with E-state index >= 15 is 0 Å². The molecule has 3 rings (SSSR count). The monoisotopic (exact) mass is 314 g/mol. The molecule has 0 fully saturated rings. The average molecular weight is 314 g/mol. The summed E-state index contributed by atoms with van der Waals surface area (Å²) in [6.45, 7) is 0. The zero-order valence-corrected chi connectivity index (χ0v) is 12.0. The number of ether oxygens (including phenoxy) is 2. The highest BCUT2D eigenvalue weighted by Crippen LogP contribution is 2.20. The molecule has 0 aliphatic rings. The molecule has 0 aliphatic heterocycles. The molecule has 0 radical (unpaired) electrons. The number of hydrogen-bond donors (Lipinski definition) is 1. The number of rotatable bonds is 3. The van der Waals surface area contributed by atoms with Crippen LogP contribution in [0.3, 0.4) is 0 Å². The Balaban J connectivity index is 1.91. The maximum atomic E-state index is 12.9. The van der Waals surface area contributed by atoms with E-state index in [1.54, 1.807) is 18.2 Å². The summed E-state index contributed by atoms with van der Waals surface area (Å²) in [5.74, 6) is -0.660. The summed E-state index contributed by atoms with van der Waals surface area (Å²) in [6.07, 6.45) is -0.897. The van der Waals surface area contributed by atoms with Crippen LogP contribution in [0.25, 0.3) is 11.0 Å². The van der Waals surface area contributed by atoms with Gasteiger partial charge in [0, 0.05) is 11.1 Å². The van der Waals surface area contributed by atoms with Crippen molar-refractivity contribution in [3.05, 3.63) is 59.4 Å². The van der Waals surface area contributed by atoms with Crippen molar-refractivity contribution in [2.45, 2.75) is 0 Å². The van der Waals surface area contributed by atoms with Crippen LogP contribution in [-0.2, 0) is 4.74 Å². The Hall–Kier alpha value is -3.22. The number of nitrogens with zero attached hydrogens (tertiary/aromatic N) is 1. The molecular weight excluding hydrogens is 303 g/mol. The molecule has 1 N–H and O–H groups in total. The summed E-state index contributed by atoms with van der Waals surface area (Å²) in [5, 5.41) is 0. The number of fused-ring (bicyclic) bond motifs is 1. The standard InChI is InChI=1S/C16H11FN2O4/c1-22-16(21)23-15-18-12-7-4-10(8-13(12)19-15)14(20)9-2-5-11(17)6-3-9/h2-8H,1H3,(H,18,19). The summed E-state index contributed by atoms with van der Waals surface area (Å²) < 4.78 is 22.1. The quantitative estimate of drug-likeness (QED) is 0.593. The molecule has 7 heteroatoms. The molecule has 0 saturated carbocycles. The van der Waals surface area contributed by atoms with Crippen LogP contribution in [0, 0.1) is 5.82 Å². The van der Waals surface area contributed by atoms with Crippen molar-refractivity contribution >= 4 is 23.0 Å². The van der Waals surface area contributed by atoms with Gasteiger partial charge in [-0.25, -0.2) is 9.18 Å². The smallest absolute Gasteiger partial charge is 0.437 e. The minimum Gasteiger partial charge on any atom is -0.437 e. The van der Waals surface area contributed by atoms with Crippen molar-refractivity contribution in [2.75, 3.05) is 7.11 Å². The Morgan fingerprint density at radius 1 is 1.09 bits per heavy atom. The lowest BCUT2D eigenvalue weighted by molar-refractivity contribution is 0.103. The third kappa shape index (κ3) is 3.03. The summed E-state index contributed by atoms with van der Waals surface area (Å²) in [5.41, 5.74) is 1.82. The first kappa shape index (κ1) is 14.7. The number of H-pyrrole nitrogens is 1. The van der Waals surface area contributed by atoms with Gasteiger partial charge in [-0.2, -0.15) is 4.98 Å². The Morgan fingerprint density at radius 2 is 1.78 bits per heavy atom. The molecule has 2 aromatic carbocycles. The molecule has 0 aliphatic carbocycles. The first-order valence-corrected chi connectivity index (χ1v) is 6.62. The Morgan fingerprint density at radius 3 is 2.48 bits per heavy atom. The maximum absolute atomic E-state index is 12.9. The number of halogens is 1. The average Bonchev–Trinajstić information content (AvgIpc) is 2.96. The highest BCUT2D eigenvalue weighted by atomic mass is 19.1. The number of methoxy groups -OCH3 is 1. The molecule has 0 unspecified atom stereocenters. The molecule has 1 heterocycles. The van der Waals surface area contributed by atoms with Crippen molar-refractivity contribution < 1.29 is 23.5 Å². The van der Waals surface area contributed by atoms with Gasteiger partial charge in [0.25, 0.3) is 0 Å². The second-order valence-corrected chi connectivity index (χ2v) is 4.67. The van der Waals surface area contributed by atoms with Crippen LogP contribution in [0.4, 0.5) is 9.18 Å². The SMILES string of the molecule is COC(=O)Oc1nc2ccc(C(=O)c3ccc(F)cc3)cc2[nH]1. The first-order valence-electron chi connectivity index (χ1n) is 6.62. The number of imidazole rings is 1. The minimum absolute atomic E-state index is 0.0294. The van der Waals surface area contributed by atoms with Crippen molar-refractivity contribution in [3.8, 4) is 6.01 Å². The van der Waals surface area contributed by atoms with Crippen LogP contribution in [0.5, 0.6) is 6.01 Å². The summed E-state index contributed by atoms with van der Waals surface area (Å²) >= 11 is 0. The number of ketones is 1. The number of carbonyl (C=O) groups excluding carboxylic acids is 2. The van der Waals surface area contributed by atoms with Crippen molar-refractivity contribution in [1.29, 1.82) is 0 Å². The third-order valence-electron chi connectivity index (χ3n) is 3.18. The van der Waals surface area contributed by atoms with Crippen LogP contribution in [0.1, 0.15) is 15.9 Å². The number of nitrogens with one attached hydrogen (secondary N) is 1. The lowest BCUT2D eigenvalue weighted by Gasteiger charge is -2.01. The number of benzene rings is 2. The fraction of sp³-hybridized carbons (Fsp3) is 0.0625. The fourth-order valence-corrected chi connectivity index (χ4v) is 2.06.